The van der Waals surface area contributed by atoms with Gasteiger partial charge < -0.3 is 4.74 Å². The number of carbonyl (C=O) groups excluding carboxylic acids is 1. The number of halogens is 1. The predicted molar refractivity (Wildman–Crippen MR) is 96.4 cm³/mol. The second-order valence-corrected chi connectivity index (χ2v) is 6.88. The van der Waals surface area contributed by atoms with Crippen LogP contribution in [0.3, 0.4) is 0 Å². The lowest BCUT2D eigenvalue weighted by molar-refractivity contribution is 0.0957. The minimum absolute atomic E-state index is 0.115. The van der Waals surface area contributed by atoms with E-state index < -0.39 is 0 Å². The average molecular weight is 373 g/mol. The molecule has 0 aliphatic carbocycles. The van der Waals surface area contributed by atoms with Crippen molar-refractivity contribution in [1.29, 1.82) is 0 Å². The van der Waals surface area contributed by atoms with Gasteiger partial charge in [-0.15, -0.1) is 11.3 Å². The highest BCUT2D eigenvalue weighted by molar-refractivity contribution is 7.13. The summed E-state index contributed by atoms with van der Waals surface area (Å²) in [5.41, 5.74) is 1.67. The SMILES string of the molecule is C[C@H]1CN(C(=O)c2csc(-c3cnccn3)n2)c2cc(Cl)ccc2O1. The van der Waals surface area contributed by atoms with Gasteiger partial charge in [0.15, 0.2) is 0 Å². The van der Waals surface area contributed by atoms with Gasteiger partial charge in [-0.3, -0.25) is 19.7 Å². The van der Waals surface area contributed by atoms with E-state index >= 15 is 0 Å². The lowest BCUT2D eigenvalue weighted by atomic mass is 10.2. The normalized spacial score (nSPS) is 16.2. The Hall–Kier alpha value is -2.51. The third kappa shape index (κ3) is 3.08. The summed E-state index contributed by atoms with van der Waals surface area (Å²) in [5.74, 6) is 0.450. The van der Waals surface area contributed by atoms with Crippen molar-refractivity contribution < 1.29 is 9.53 Å². The molecule has 1 amide bonds. The van der Waals surface area contributed by atoms with Crippen molar-refractivity contribution in [1.82, 2.24) is 15.0 Å². The van der Waals surface area contributed by atoms with Crippen LogP contribution in [0, 0.1) is 0 Å². The van der Waals surface area contributed by atoms with Crippen LogP contribution in [-0.2, 0) is 0 Å². The van der Waals surface area contributed by atoms with Gasteiger partial charge in [0, 0.05) is 22.8 Å². The molecule has 25 heavy (non-hydrogen) atoms. The minimum Gasteiger partial charge on any atom is -0.487 e. The van der Waals surface area contributed by atoms with Gasteiger partial charge in [-0.25, -0.2) is 4.98 Å². The number of ether oxygens (including phenoxy) is 1. The Balaban J connectivity index is 1.68. The van der Waals surface area contributed by atoms with Crippen LogP contribution in [0.1, 0.15) is 17.4 Å². The minimum atomic E-state index is -0.190. The van der Waals surface area contributed by atoms with Crippen LogP contribution in [0.25, 0.3) is 10.7 Å². The van der Waals surface area contributed by atoms with Gasteiger partial charge in [0.1, 0.15) is 28.2 Å². The van der Waals surface area contributed by atoms with Crippen molar-refractivity contribution >= 4 is 34.5 Å². The summed E-state index contributed by atoms with van der Waals surface area (Å²) in [6, 6.07) is 5.26. The van der Waals surface area contributed by atoms with E-state index in [0.29, 0.717) is 39.4 Å². The molecule has 126 valence electrons. The zero-order chi connectivity index (χ0) is 17.4. The summed E-state index contributed by atoms with van der Waals surface area (Å²) in [6.45, 7) is 2.36. The molecule has 0 saturated carbocycles. The van der Waals surface area contributed by atoms with Gasteiger partial charge in [-0.2, -0.15) is 0 Å². The summed E-state index contributed by atoms with van der Waals surface area (Å²) in [6.07, 6.45) is 4.70. The first-order valence-electron chi connectivity index (χ1n) is 7.62. The Bertz CT molecular complexity index is 931. The van der Waals surface area contributed by atoms with E-state index in [1.54, 1.807) is 47.1 Å². The van der Waals surface area contributed by atoms with Crippen LogP contribution in [0.5, 0.6) is 5.75 Å². The maximum absolute atomic E-state index is 13.0. The molecule has 1 aliphatic rings. The van der Waals surface area contributed by atoms with E-state index in [4.69, 9.17) is 16.3 Å². The molecule has 1 atom stereocenters. The number of nitrogens with zero attached hydrogens (tertiary/aromatic N) is 4. The van der Waals surface area contributed by atoms with E-state index in [0.717, 1.165) is 0 Å². The number of fused-ring (bicyclic) bond motifs is 1. The zero-order valence-corrected chi connectivity index (χ0v) is 14.8. The molecular weight excluding hydrogens is 360 g/mol. The fourth-order valence-corrected chi connectivity index (χ4v) is 3.56. The van der Waals surface area contributed by atoms with Crippen LogP contribution in [0.2, 0.25) is 5.02 Å². The van der Waals surface area contributed by atoms with E-state index in [-0.39, 0.29) is 12.0 Å². The highest BCUT2D eigenvalue weighted by Crippen LogP contribution is 2.36. The number of thiazole rings is 1. The summed E-state index contributed by atoms with van der Waals surface area (Å²) in [5, 5.41) is 2.94. The number of hydrogen-bond donors (Lipinski definition) is 0. The van der Waals surface area contributed by atoms with E-state index in [9.17, 15) is 4.79 Å². The van der Waals surface area contributed by atoms with Crippen LogP contribution >= 0.6 is 22.9 Å². The Labute approximate surface area is 153 Å². The summed E-state index contributed by atoms with van der Waals surface area (Å²) in [4.78, 5) is 27.3. The van der Waals surface area contributed by atoms with E-state index in [2.05, 4.69) is 15.0 Å². The Morgan fingerprint density at radius 2 is 2.28 bits per heavy atom. The smallest absolute Gasteiger partial charge is 0.278 e. The molecule has 0 spiro atoms. The molecule has 1 aromatic carbocycles. The maximum atomic E-state index is 13.0. The van der Waals surface area contributed by atoms with Gasteiger partial charge in [-0.1, -0.05) is 11.6 Å². The molecule has 0 bridgehead atoms. The molecule has 8 heteroatoms. The molecule has 4 rings (SSSR count). The van der Waals surface area contributed by atoms with Crippen molar-refractivity contribution in [2.45, 2.75) is 13.0 Å². The van der Waals surface area contributed by atoms with E-state index in [1.807, 2.05) is 6.92 Å². The van der Waals surface area contributed by atoms with Crippen LogP contribution in [0.15, 0.2) is 42.2 Å². The predicted octanol–water partition coefficient (Wildman–Crippen LogP) is 3.68. The second kappa shape index (κ2) is 6.42. The van der Waals surface area contributed by atoms with Crippen molar-refractivity contribution in [3.05, 3.63) is 52.9 Å². The van der Waals surface area contributed by atoms with Crippen LogP contribution in [-0.4, -0.2) is 33.5 Å². The zero-order valence-electron chi connectivity index (χ0n) is 13.2. The summed E-state index contributed by atoms with van der Waals surface area (Å²) < 4.78 is 5.79. The third-order valence-electron chi connectivity index (χ3n) is 3.73. The van der Waals surface area contributed by atoms with Gasteiger partial charge in [0.05, 0.1) is 18.4 Å². The molecule has 6 nitrogen and oxygen atoms in total. The summed E-state index contributed by atoms with van der Waals surface area (Å²) in [7, 11) is 0. The fraction of sp³-hybridized carbons (Fsp3) is 0.176. The number of rotatable bonds is 2. The first kappa shape index (κ1) is 16.0. The third-order valence-corrected chi connectivity index (χ3v) is 4.83. The highest BCUT2D eigenvalue weighted by atomic mass is 35.5. The highest BCUT2D eigenvalue weighted by Gasteiger charge is 2.30. The van der Waals surface area contributed by atoms with Crippen molar-refractivity contribution in [3.8, 4) is 16.5 Å². The summed E-state index contributed by atoms with van der Waals surface area (Å²) >= 11 is 7.45. The molecular formula is C17H13ClN4O2S. The van der Waals surface area contributed by atoms with Gasteiger partial charge >= 0.3 is 0 Å². The quantitative estimate of drug-likeness (QED) is 0.686. The van der Waals surface area contributed by atoms with Crippen molar-refractivity contribution in [3.63, 3.8) is 0 Å². The van der Waals surface area contributed by atoms with Gasteiger partial charge in [0.2, 0.25) is 0 Å². The van der Waals surface area contributed by atoms with Crippen LogP contribution < -0.4 is 9.64 Å². The monoisotopic (exact) mass is 372 g/mol. The Morgan fingerprint density at radius 1 is 1.40 bits per heavy atom. The molecule has 1 aliphatic heterocycles. The average Bonchev–Trinajstić information content (AvgIpc) is 3.12. The number of carbonyl (C=O) groups is 1. The number of hydrogen-bond acceptors (Lipinski definition) is 6. The lowest BCUT2D eigenvalue weighted by Gasteiger charge is -2.33. The standard InChI is InChI=1S/C17H13ClN4O2S/c1-10-8-22(14-6-11(18)2-3-15(14)24-10)17(23)13-9-25-16(21-13)12-7-19-4-5-20-12/h2-7,9-10H,8H2,1H3/t10-/m0/s1. The van der Waals surface area contributed by atoms with Crippen LogP contribution in [0.4, 0.5) is 5.69 Å². The number of anilines is 1. The Kier molecular flexibility index (Phi) is 4.10. The first-order valence-corrected chi connectivity index (χ1v) is 8.87. The molecule has 0 unspecified atom stereocenters. The molecule has 0 fully saturated rings. The molecule has 2 aromatic heterocycles. The fourth-order valence-electron chi connectivity index (χ4n) is 2.64. The lowest BCUT2D eigenvalue weighted by Crippen LogP contribution is -2.42. The number of benzene rings is 1. The number of aromatic nitrogens is 3. The molecule has 3 heterocycles. The molecule has 0 saturated heterocycles. The topological polar surface area (TPSA) is 68.2 Å². The van der Waals surface area contributed by atoms with E-state index in [1.165, 1.54) is 11.3 Å². The number of amides is 1. The van der Waals surface area contributed by atoms with Crippen molar-refractivity contribution in [2.24, 2.45) is 0 Å². The maximum Gasteiger partial charge on any atom is 0.278 e. The Morgan fingerprint density at radius 3 is 3.08 bits per heavy atom. The second-order valence-electron chi connectivity index (χ2n) is 5.58. The van der Waals surface area contributed by atoms with Gasteiger partial charge in [0.25, 0.3) is 5.91 Å². The first-order chi connectivity index (χ1) is 12.1. The van der Waals surface area contributed by atoms with Gasteiger partial charge in [-0.05, 0) is 25.1 Å². The molecule has 0 N–H and O–H groups in total. The van der Waals surface area contributed by atoms with Crippen molar-refractivity contribution in [2.75, 3.05) is 11.4 Å². The largest absolute Gasteiger partial charge is 0.487 e. The molecule has 0 radical (unpaired) electrons. The molecule has 3 aromatic rings.